The van der Waals surface area contributed by atoms with Gasteiger partial charge in [-0.3, -0.25) is 4.90 Å². The Labute approximate surface area is 155 Å². The van der Waals surface area contributed by atoms with Crippen LogP contribution in [0.4, 0.5) is 13.2 Å². The van der Waals surface area contributed by atoms with Crippen LogP contribution in [0.15, 0.2) is 4.52 Å². The fourth-order valence-corrected chi connectivity index (χ4v) is 3.37. The summed E-state index contributed by atoms with van der Waals surface area (Å²) in [6.45, 7) is 7.83. The monoisotopic (exact) mass is 394 g/mol. The highest BCUT2D eigenvalue weighted by atomic mass is 19.4. The summed E-state index contributed by atoms with van der Waals surface area (Å²) < 4.78 is 48.4. The van der Waals surface area contributed by atoms with Gasteiger partial charge in [0.15, 0.2) is 0 Å². The topological polar surface area (TPSA) is 85.0 Å². The number of aromatic nitrogens is 1. The van der Waals surface area contributed by atoms with Crippen molar-refractivity contribution >= 4 is 5.97 Å². The molecule has 0 aliphatic carbocycles. The van der Waals surface area contributed by atoms with Crippen LogP contribution < -0.4 is 0 Å². The second-order valence-electron chi connectivity index (χ2n) is 6.94. The molecular weight excluding hydrogens is 369 g/mol. The Hall–Kier alpha value is -1.65. The van der Waals surface area contributed by atoms with Gasteiger partial charge in [0.25, 0.3) is 0 Å². The van der Waals surface area contributed by atoms with Crippen molar-refractivity contribution in [2.24, 2.45) is 0 Å². The predicted molar refractivity (Wildman–Crippen MR) is 88.3 cm³/mol. The highest BCUT2D eigenvalue weighted by molar-refractivity contribution is 5.73. The zero-order valence-electron chi connectivity index (χ0n) is 15.6. The Balaban J connectivity index is 0.000000321. The Morgan fingerprint density at radius 2 is 1.96 bits per heavy atom. The van der Waals surface area contributed by atoms with E-state index in [1.807, 2.05) is 13.8 Å². The number of carbonyl (C=O) groups is 1. The van der Waals surface area contributed by atoms with Crippen molar-refractivity contribution in [1.29, 1.82) is 0 Å². The number of carboxylic acid groups (broad SMARTS) is 1. The first-order valence-corrected chi connectivity index (χ1v) is 8.67. The molecule has 3 heterocycles. The average molecular weight is 394 g/mol. The van der Waals surface area contributed by atoms with Crippen LogP contribution in [-0.4, -0.2) is 65.8 Å². The summed E-state index contributed by atoms with van der Waals surface area (Å²) in [4.78, 5) is 11.4. The lowest BCUT2D eigenvalue weighted by molar-refractivity contribution is -0.192. The largest absolute Gasteiger partial charge is 0.490 e. The van der Waals surface area contributed by atoms with Gasteiger partial charge in [-0.1, -0.05) is 5.16 Å². The van der Waals surface area contributed by atoms with E-state index in [-0.39, 0.29) is 11.7 Å². The average Bonchev–Trinajstić information content (AvgIpc) is 3.15. The van der Waals surface area contributed by atoms with Crippen molar-refractivity contribution in [3.8, 4) is 0 Å². The molecule has 0 amide bonds. The molecule has 27 heavy (non-hydrogen) atoms. The molecule has 0 radical (unpaired) electrons. The van der Waals surface area contributed by atoms with E-state index in [1.165, 1.54) is 5.56 Å². The first-order chi connectivity index (χ1) is 12.6. The molecule has 154 valence electrons. The number of aryl methyl sites for hydroxylation is 2. The lowest BCUT2D eigenvalue weighted by Crippen LogP contribution is -2.44. The minimum absolute atomic E-state index is 0.0654. The third-order valence-electron chi connectivity index (χ3n) is 5.08. The zero-order valence-corrected chi connectivity index (χ0v) is 15.6. The standard InChI is InChI=1S/C15H24N2O3.C2HF3O2/c1-11-14(12(2)20-16-11)9-17-6-4-15(5-7-17)8-13(18-3)10-19-15;3-2(4,5)1(6)7/h13H,4-10H2,1-3H3;(H,6,7). The second-order valence-corrected chi connectivity index (χ2v) is 6.94. The Morgan fingerprint density at radius 1 is 1.37 bits per heavy atom. The fourth-order valence-electron chi connectivity index (χ4n) is 3.37. The number of likely N-dealkylation sites (tertiary alicyclic amines) is 1. The van der Waals surface area contributed by atoms with Gasteiger partial charge < -0.3 is 19.1 Å². The van der Waals surface area contributed by atoms with E-state index in [2.05, 4.69) is 10.1 Å². The molecular formula is C17H25F3N2O5. The van der Waals surface area contributed by atoms with Crippen molar-refractivity contribution in [1.82, 2.24) is 10.1 Å². The number of hydrogen-bond donors (Lipinski definition) is 1. The van der Waals surface area contributed by atoms with Crippen molar-refractivity contribution in [3.63, 3.8) is 0 Å². The van der Waals surface area contributed by atoms with Crippen molar-refractivity contribution < 1.29 is 37.1 Å². The summed E-state index contributed by atoms with van der Waals surface area (Å²) in [7, 11) is 1.78. The number of aliphatic carboxylic acids is 1. The van der Waals surface area contributed by atoms with Gasteiger partial charge >= 0.3 is 12.1 Å². The van der Waals surface area contributed by atoms with Crippen LogP contribution in [0, 0.1) is 13.8 Å². The molecule has 7 nitrogen and oxygen atoms in total. The first kappa shape index (κ1) is 21.6. The molecule has 0 saturated carbocycles. The first-order valence-electron chi connectivity index (χ1n) is 8.67. The van der Waals surface area contributed by atoms with Crippen molar-refractivity contribution in [2.45, 2.75) is 57.5 Å². The maximum atomic E-state index is 10.6. The van der Waals surface area contributed by atoms with E-state index in [4.69, 9.17) is 23.9 Å². The second kappa shape index (κ2) is 8.57. The third kappa shape index (κ3) is 5.66. The van der Waals surface area contributed by atoms with Gasteiger partial charge in [-0.2, -0.15) is 13.2 Å². The van der Waals surface area contributed by atoms with Gasteiger partial charge in [0.1, 0.15) is 5.76 Å². The molecule has 1 spiro atoms. The van der Waals surface area contributed by atoms with Crippen molar-refractivity contribution in [2.75, 3.05) is 26.8 Å². The number of hydrogen-bond acceptors (Lipinski definition) is 6. The van der Waals surface area contributed by atoms with Gasteiger partial charge in [0.2, 0.25) is 0 Å². The number of halogens is 3. The summed E-state index contributed by atoms with van der Waals surface area (Å²) in [5.41, 5.74) is 2.32. The van der Waals surface area contributed by atoms with Crippen LogP contribution in [0.25, 0.3) is 0 Å². The minimum atomic E-state index is -5.08. The van der Waals surface area contributed by atoms with Crippen LogP contribution in [0.1, 0.15) is 36.3 Å². The molecule has 0 bridgehead atoms. The van der Waals surface area contributed by atoms with Crippen molar-refractivity contribution in [3.05, 3.63) is 17.0 Å². The Kier molecular flexibility index (Phi) is 6.87. The molecule has 2 aliphatic heterocycles. The predicted octanol–water partition coefficient (Wildman–Crippen LogP) is 2.69. The van der Waals surface area contributed by atoms with E-state index < -0.39 is 12.1 Å². The van der Waals surface area contributed by atoms with Crippen LogP contribution in [0.2, 0.25) is 0 Å². The molecule has 1 atom stereocenters. The SMILES string of the molecule is COC1COC2(CCN(Cc3c(C)noc3C)CC2)C1.O=C(O)C(F)(F)F. The van der Waals surface area contributed by atoms with Gasteiger partial charge in [-0.25, -0.2) is 4.79 Å². The number of piperidine rings is 1. The van der Waals surface area contributed by atoms with E-state index in [1.54, 1.807) is 7.11 Å². The van der Waals surface area contributed by atoms with Crippen LogP contribution in [0.5, 0.6) is 0 Å². The van der Waals surface area contributed by atoms with Crippen LogP contribution >= 0.6 is 0 Å². The van der Waals surface area contributed by atoms with E-state index in [0.29, 0.717) is 0 Å². The van der Waals surface area contributed by atoms with E-state index >= 15 is 0 Å². The molecule has 1 unspecified atom stereocenters. The minimum Gasteiger partial charge on any atom is -0.475 e. The molecule has 1 aromatic heterocycles. The molecule has 0 aromatic carbocycles. The summed E-state index contributed by atoms with van der Waals surface area (Å²) in [6, 6.07) is 0. The van der Waals surface area contributed by atoms with Crippen LogP contribution in [-0.2, 0) is 20.8 Å². The summed E-state index contributed by atoms with van der Waals surface area (Å²) in [5, 5.41) is 11.2. The van der Waals surface area contributed by atoms with Gasteiger partial charge in [0.05, 0.1) is 24.0 Å². The molecule has 2 aliphatic rings. The summed E-state index contributed by atoms with van der Waals surface area (Å²) in [5.74, 6) is -1.81. The number of carboxylic acids is 1. The van der Waals surface area contributed by atoms with E-state index in [9.17, 15) is 13.2 Å². The molecule has 2 saturated heterocycles. The summed E-state index contributed by atoms with van der Waals surface area (Å²) in [6.07, 6.45) is -1.57. The number of ether oxygens (including phenoxy) is 2. The smallest absolute Gasteiger partial charge is 0.475 e. The number of nitrogens with zero attached hydrogens (tertiary/aromatic N) is 2. The van der Waals surface area contributed by atoms with Gasteiger partial charge in [-0.15, -0.1) is 0 Å². The Bertz CT molecular complexity index is 620. The highest BCUT2D eigenvalue weighted by Gasteiger charge is 2.43. The van der Waals surface area contributed by atoms with Gasteiger partial charge in [0, 0.05) is 38.7 Å². The van der Waals surface area contributed by atoms with Gasteiger partial charge in [-0.05, 0) is 26.7 Å². The maximum absolute atomic E-state index is 10.6. The lowest BCUT2D eigenvalue weighted by atomic mass is 9.88. The number of methoxy groups -OCH3 is 1. The fraction of sp³-hybridized carbons (Fsp3) is 0.765. The number of rotatable bonds is 3. The van der Waals surface area contributed by atoms with Crippen LogP contribution in [0.3, 0.4) is 0 Å². The molecule has 3 rings (SSSR count). The molecule has 1 aromatic rings. The zero-order chi connectivity index (χ0) is 20.2. The third-order valence-corrected chi connectivity index (χ3v) is 5.08. The highest BCUT2D eigenvalue weighted by Crippen LogP contribution is 2.37. The number of alkyl halides is 3. The normalized spacial score (nSPS) is 22.5. The lowest BCUT2D eigenvalue weighted by Gasteiger charge is -2.38. The molecule has 1 N–H and O–H groups in total. The maximum Gasteiger partial charge on any atom is 0.490 e. The quantitative estimate of drug-likeness (QED) is 0.844. The molecule has 2 fully saturated rings. The molecule has 10 heteroatoms. The van der Waals surface area contributed by atoms with E-state index in [0.717, 1.165) is 57.0 Å². The Morgan fingerprint density at radius 3 is 2.37 bits per heavy atom. The summed E-state index contributed by atoms with van der Waals surface area (Å²) >= 11 is 0.